The van der Waals surface area contributed by atoms with Crippen LogP contribution in [0.5, 0.6) is 0 Å². The molecule has 1 rings (SSSR count). The van der Waals surface area contributed by atoms with Crippen LogP contribution in [0.25, 0.3) is 0 Å². The van der Waals surface area contributed by atoms with Gasteiger partial charge in [0.05, 0.1) is 5.60 Å². The summed E-state index contributed by atoms with van der Waals surface area (Å²) >= 11 is 0. The molecule has 0 aromatic carbocycles. The topological polar surface area (TPSA) is 36.4 Å². The van der Waals surface area contributed by atoms with Gasteiger partial charge >= 0.3 is 0 Å². The number of aryl methyl sites for hydroxylation is 1. The van der Waals surface area contributed by atoms with E-state index in [0.717, 1.165) is 11.4 Å². The van der Waals surface area contributed by atoms with Crippen LogP contribution in [0, 0.1) is 6.92 Å². The lowest BCUT2D eigenvalue weighted by Gasteiger charge is -2.26. The van der Waals surface area contributed by atoms with Crippen molar-refractivity contribution in [1.29, 1.82) is 0 Å². The van der Waals surface area contributed by atoms with E-state index >= 15 is 0 Å². The number of aliphatic hydroxyl groups is 1. The first-order valence-corrected chi connectivity index (χ1v) is 4.75. The number of hydrogen-bond acceptors (Lipinski definition) is 3. The van der Waals surface area contributed by atoms with Gasteiger partial charge in [0.25, 0.3) is 0 Å². The molecule has 0 saturated heterocycles. The van der Waals surface area contributed by atoms with Gasteiger partial charge in [0, 0.05) is 19.8 Å². The molecule has 0 atom stereocenters. The first-order valence-electron chi connectivity index (χ1n) is 4.75. The summed E-state index contributed by atoms with van der Waals surface area (Å²) in [4.78, 5) is 6.22. The molecule has 0 saturated carbocycles. The van der Waals surface area contributed by atoms with Crippen LogP contribution in [0.2, 0.25) is 0 Å². The third-order valence-corrected chi connectivity index (χ3v) is 1.91. The first kappa shape index (κ1) is 11.0. The zero-order valence-corrected chi connectivity index (χ0v) is 9.28. The summed E-state index contributed by atoms with van der Waals surface area (Å²) in [5.41, 5.74) is 0.451. The molecule has 78 valence electrons. The van der Waals surface area contributed by atoms with Crippen molar-refractivity contribution in [2.24, 2.45) is 0 Å². The first-order chi connectivity index (χ1) is 6.38. The van der Waals surface area contributed by atoms with Crippen LogP contribution in [0.1, 0.15) is 19.4 Å². The lowest BCUT2D eigenvalue weighted by Crippen LogP contribution is -2.36. The third-order valence-electron chi connectivity index (χ3n) is 1.91. The molecule has 0 aliphatic carbocycles. The Morgan fingerprint density at radius 1 is 1.43 bits per heavy atom. The maximum atomic E-state index is 9.63. The molecule has 1 aromatic rings. The summed E-state index contributed by atoms with van der Waals surface area (Å²) < 4.78 is 0. The van der Waals surface area contributed by atoms with Crippen LogP contribution in [-0.2, 0) is 0 Å². The van der Waals surface area contributed by atoms with E-state index in [9.17, 15) is 5.11 Å². The highest BCUT2D eigenvalue weighted by atomic mass is 16.3. The predicted octanol–water partition coefficient (Wildman–Crippen LogP) is 1.60. The van der Waals surface area contributed by atoms with Gasteiger partial charge in [-0.2, -0.15) is 0 Å². The van der Waals surface area contributed by atoms with Gasteiger partial charge in [0.15, 0.2) is 0 Å². The van der Waals surface area contributed by atoms with Crippen molar-refractivity contribution in [1.82, 2.24) is 4.98 Å². The molecule has 1 heterocycles. The minimum absolute atomic E-state index is 0.572. The van der Waals surface area contributed by atoms with E-state index in [0.29, 0.717) is 6.54 Å². The van der Waals surface area contributed by atoms with E-state index in [1.165, 1.54) is 0 Å². The van der Waals surface area contributed by atoms with E-state index in [4.69, 9.17) is 0 Å². The zero-order valence-electron chi connectivity index (χ0n) is 9.28. The Morgan fingerprint density at radius 3 is 2.50 bits per heavy atom. The number of hydrogen-bond donors (Lipinski definition) is 1. The molecular weight excluding hydrogens is 176 g/mol. The summed E-state index contributed by atoms with van der Waals surface area (Å²) in [6.45, 7) is 6.16. The summed E-state index contributed by atoms with van der Waals surface area (Å²) in [6, 6.07) is 3.98. The van der Waals surface area contributed by atoms with Gasteiger partial charge < -0.3 is 10.0 Å². The predicted molar refractivity (Wildman–Crippen MR) is 58.5 cm³/mol. The largest absolute Gasteiger partial charge is 0.389 e. The Balaban J connectivity index is 2.70. The number of nitrogens with zero attached hydrogens (tertiary/aromatic N) is 2. The summed E-state index contributed by atoms with van der Waals surface area (Å²) in [7, 11) is 1.93. The van der Waals surface area contributed by atoms with Crippen molar-refractivity contribution in [3.05, 3.63) is 23.9 Å². The number of anilines is 1. The Labute approximate surface area is 85.4 Å². The van der Waals surface area contributed by atoms with Crippen molar-refractivity contribution in [3.8, 4) is 0 Å². The smallest absolute Gasteiger partial charge is 0.128 e. The van der Waals surface area contributed by atoms with Crippen LogP contribution in [-0.4, -0.2) is 29.3 Å². The average molecular weight is 194 g/mol. The Morgan fingerprint density at radius 2 is 2.07 bits per heavy atom. The minimum atomic E-state index is -0.693. The fraction of sp³-hybridized carbons (Fsp3) is 0.545. The molecule has 14 heavy (non-hydrogen) atoms. The molecule has 1 aromatic heterocycles. The molecule has 0 aliphatic rings. The number of pyridine rings is 1. The van der Waals surface area contributed by atoms with E-state index in [1.807, 2.05) is 37.2 Å². The maximum absolute atomic E-state index is 9.63. The summed E-state index contributed by atoms with van der Waals surface area (Å²) in [5, 5.41) is 9.63. The van der Waals surface area contributed by atoms with Crippen molar-refractivity contribution in [3.63, 3.8) is 0 Å². The molecular formula is C11H18N2O. The molecule has 1 N–H and O–H groups in total. The number of aromatic nitrogens is 1. The van der Waals surface area contributed by atoms with Gasteiger partial charge in [-0.05, 0) is 32.4 Å². The maximum Gasteiger partial charge on any atom is 0.128 e. The highest BCUT2D eigenvalue weighted by Gasteiger charge is 2.16. The molecule has 0 fully saturated rings. The van der Waals surface area contributed by atoms with Crippen LogP contribution < -0.4 is 4.90 Å². The molecule has 0 aliphatic heterocycles. The standard InChI is InChI=1S/C11H18N2O/c1-9-5-6-10(12-7-9)13(4)8-11(2,3)14/h5-7,14H,8H2,1-4H3. The second-order valence-electron chi connectivity index (χ2n) is 4.36. The van der Waals surface area contributed by atoms with E-state index < -0.39 is 5.60 Å². The quantitative estimate of drug-likeness (QED) is 0.794. The van der Waals surface area contributed by atoms with Gasteiger partial charge in [-0.25, -0.2) is 4.98 Å². The minimum Gasteiger partial charge on any atom is -0.389 e. The van der Waals surface area contributed by atoms with Crippen LogP contribution in [0.3, 0.4) is 0 Å². The van der Waals surface area contributed by atoms with Gasteiger partial charge in [0.1, 0.15) is 5.82 Å². The fourth-order valence-corrected chi connectivity index (χ4v) is 1.35. The summed E-state index contributed by atoms with van der Waals surface area (Å²) in [5.74, 6) is 0.887. The summed E-state index contributed by atoms with van der Waals surface area (Å²) in [6.07, 6.45) is 1.83. The van der Waals surface area contributed by atoms with Crippen LogP contribution >= 0.6 is 0 Å². The van der Waals surface area contributed by atoms with Crippen molar-refractivity contribution in [2.45, 2.75) is 26.4 Å². The third kappa shape index (κ3) is 3.34. The van der Waals surface area contributed by atoms with Crippen LogP contribution in [0.4, 0.5) is 5.82 Å². The highest BCUT2D eigenvalue weighted by Crippen LogP contribution is 2.12. The van der Waals surface area contributed by atoms with Crippen LogP contribution in [0.15, 0.2) is 18.3 Å². The monoisotopic (exact) mass is 194 g/mol. The molecule has 3 nitrogen and oxygen atoms in total. The number of rotatable bonds is 3. The second-order valence-corrected chi connectivity index (χ2v) is 4.36. The van der Waals surface area contributed by atoms with Gasteiger partial charge in [-0.1, -0.05) is 6.07 Å². The Kier molecular flexibility index (Phi) is 3.11. The second kappa shape index (κ2) is 3.96. The zero-order chi connectivity index (χ0) is 10.8. The lowest BCUT2D eigenvalue weighted by molar-refractivity contribution is 0.0884. The molecule has 0 radical (unpaired) electrons. The number of likely N-dealkylation sites (N-methyl/N-ethyl adjacent to an activating group) is 1. The van der Waals surface area contributed by atoms with Crippen molar-refractivity contribution in [2.75, 3.05) is 18.5 Å². The lowest BCUT2D eigenvalue weighted by atomic mass is 10.1. The fourth-order valence-electron chi connectivity index (χ4n) is 1.35. The molecule has 0 spiro atoms. The molecule has 3 heteroatoms. The average Bonchev–Trinajstić information content (AvgIpc) is 2.02. The van der Waals surface area contributed by atoms with E-state index in [1.54, 1.807) is 13.8 Å². The SMILES string of the molecule is Cc1ccc(N(C)CC(C)(C)O)nc1. The van der Waals surface area contributed by atoms with Crippen molar-refractivity contribution < 1.29 is 5.11 Å². The van der Waals surface area contributed by atoms with E-state index in [2.05, 4.69) is 4.98 Å². The highest BCUT2D eigenvalue weighted by molar-refractivity contribution is 5.38. The van der Waals surface area contributed by atoms with Gasteiger partial charge in [0.2, 0.25) is 0 Å². The van der Waals surface area contributed by atoms with Gasteiger partial charge in [-0.3, -0.25) is 0 Å². The Hall–Kier alpha value is -1.09. The Bertz CT molecular complexity index is 287. The van der Waals surface area contributed by atoms with Gasteiger partial charge in [-0.15, -0.1) is 0 Å². The molecule has 0 amide bonds. The normalized spacial score (nSPS) is 11.5. The molecule has 0 bridgehead atoms. The molecule has 0 unspecified atom stereocenters. The van der Waals surface area contributed by atoms with Crippen molar-refractivity contribution >= 4 is 5.82 Å². The van der Waals surface area contributed by atoms with E-state index in [-0.39, 0.29) is 0 Å².